The molecule has 2 aromatic rings. The molecule has 1 atom stereocenters. The number of nitrogens with zero attached hydrogens (tertiary/aromatic N) is 1. The molecule has 0 saturated carbocycles. The van der Waals surface area contributed by atoms with Crippen LogP contribution in [-0.4, -0.2) is 33.2 Å². The van der Waals surface area contributed by atoms with E-state index in [2.05, 4.69) is 5.32 Å². The standard InChI is InChI=1S/C19H23ClN2O3S/c1-14-9-10-17(20)13-18(14)22(26(3,24)25)15(2)19(23)21-12-11-16-7-5-4-6-8-16/h4-10,13,15H,11-12H2,1-3H3,(H,21,23)/t15-/m1/s1. The molecule has 0 spiro atoms. The van der Waals surface area contributed by atoms with Gasteiger partial charge in [-0.25, -0.2) is 8.42 Å². The third-order valence-corrected chi connectivity index (χ3v) is 5.52. The first-order chi connectivity index (χ1) is 12.2. The highest BCUT2D eigenvalue weighted by Gasteiger charge is 2.30. The maximum absolute atomic E-state index is 12.5. The van der Waals surface area contributed by atoms with Crippen molar-refractivity contribution in [1.29, 1.82) is 0 Å². The Labute approximate surface area is 160 Å². The van der Waals surface area contributed by atoms with Crippen molar-refractivity contribution < 1.29 is 13.2 Å². The second-order valence-electron chi connectivity index (χ2n) is 6.19. The third-order valence-electron chi connectivity index (χ3n) is 4.05. The molecular formula is C19H23ClN2O3S. The first-order valence-electron chi connectivity index (χ1n) is 8.27. The maximum Gasteiger partial charge on any atom is 0.243 e. The molecule has 0 aromatic heterocycles. The van der Waals surface area contributed by atoms with Crippen LogP contribution in [0.5, 0.6) is 0 Å². The van der Waals surface area contributed by atoms with Gasteiger partial charge in [0, 0.05) is 11.6 Å². The summed E-state index contributed by atoms with van der Waals surface area (Å²) in [7, 11) is -3.66. The lowest BCUT2D eigenvalue weighted by Crippen LogP contribution is -2.48. The molecule has 0 heterocycles. The van der Waals surface area contributed by atoms with Crippen molar-refractivity contribution in [3.8, 4) is 0 Å². The predicted molar refractivity (Wildman–Crippen MR) is 106 cm³/mol. The number of amides is 1. The Hall–Kier alpha value is -2.05. The van der Waals surface area contributed by atoms with Crippen LogP contribution in [-0.2, 0) is 21.2 Å². The number of hydrogen-bond donors (Lipinski definition) is 1. The van der Waals surface area contributed by atoms with Crippen LogP contribution in [0.1, 0.15) is 18.1 Å². The molecule has 0 saturated heterocycles. The quantitative estimate of drug-likeness (QED) is 0.784. The van der Waals surface area contributed by atoms with E-state index in [-0.39, 0.29) is 5.91 Å². The van der Waals surface area contributed by atoms with E-state index in [4.69, 9.17) is 11.6 Å². The second-order valence-corrected chi connectivity index (χ2v) is 8.49. The van der Waals surface area contributed by atoms with Crippen molar-refractivity contribution in [1.82, 2.24) is 5.32 Å². The average Bonchev–Trinajstić information content (AvgIpc) is 2.57. The smallest absolute Gasteiger partial charge is 0.243 e. The Bertz CT molecular complexity index is 870. The van der Waals surface area contributed by atoms with Gasteiger partial charge in [-0.15, -0.1) is 0 Å². The van der Waals surface area contributed by atoms with E-state index in [1.54, 1.807) is 32.0 Å². The topological polar surface area (TPSA) is 66.5 Å². The van der Waals surface area contributed by atoms with Gasteiger partial charge in [-0.2, -0.15) is 0 Å². The molecule has 0 aliphatic rings. The van der Waals surface area contributed by atoms with E-state index >= 15 is 0 Å². The number of hydrogen-bond acceptors (Lipinski definition) is 3. The number of carbonyl (C=O) groups excluding carboxylic acids is 1. The monoisotopic (exact) mass is 394 g/mol. The maximum atomic E-state index is 12.5. The fraction of sp³-hybridized carbons (Fsp3) is 0.316. The summed E-state index contributed by atoms with van der Waals surface area (Å²) in [5.74, 6) is -0.356. The summed E-state index contributed by atoms with van der Waals surface area (Å²) < 4.78 is 25.8. The highest BCUT2D eigenvalue weighted by atomic mass is 35.5. The van der Waals surface area contributed by atoms with Gasteiger partial charge in [0.1, 0.15) is 6.04 Å². The zero-order valence-corrected chi connectivity index (χ0v) is 16.6. The highest BCUT2D eigenvalue weighted by Crippen LogP contribution is 2.28. The van der Waals surface area contributed by atoms with Crippen molar-refractivity contribution in [2.24, 2.45) is 0 Å². The molecule has 26 heavy (non-hydrogen) atoms. The van der Waals surface area contributed by atoms with Crippen LogP contribution in [0.2, 0.25) is 5.02 Å². The minimum atomic E-state index is -3.66. The Kier molecular flexibility index (Phi) is 6.67. The van der Waals surface area contributed by atoms with Gasteiger partial charge in [-0.1, -0.05) is 48.0 Å². The van der Waals surface area contributed by atoms with E-state index in [1.165, 1.54) is 0 Å². The largest absolute Gasteiger partial charge is 0.354 e. The summed E-state index contributed by atoms with van der Waals surface area (Å²) in [6.45, 7) is 3.78. The van der Waals surface area contributed by atoms with Gasteiger partial charge in [-0.05, 0) is 43.5 Å². The highest BCUT2D eigenvalue weighted by molar-refractivity contribution is 7.92. The molecule has 2 aromatic carbocycles. The fourth-order valence-electron chi connectivity index (χ4n) is 2.72. The van der Waals surface area contributed by atoms with Gasteiger partial charge < -0.3 is 5.32 Å². The minimum Gasteiger partial charge on any atom is -0.354 e. The van der Waals surface area contributed by atoms with E-state index in [9.17, 15) is 13.2 Å². The molecule has 0 aliphatic heterocycles. The number of halogens is 1. The van der Waals surface area contributed by atoms with Crippen LogP contribution >= 0.6 is 11.6 Å². The third kappa shape index (κ3) is 5.22. The number of nitrogens with one attached hydrogen (secondary N) is 1. The second kappa shape index (κ2) is 8.56. The first-order valence-corrected chi connectivity index (χ1v) is 10.5. The SMILES string of the molecule is Cc1ccc(Cl)cc1N([C@H](C)C(=O)NCCc1ccccc1)S(C)(=O)=O. The molecule has 0 radical (unpaired) electrons. The molecule has 5 nitrogen and oxygen atoms in total. The van der Waals surface area contributed by atoms with E-state index in [0.717, 1.165) is 21.7 Å². The van der Waals surface area contributed by atoms with Crippen molar-refractivity contribution in [3.63, 3.8) is 0 Å². The molecule has 0 aliphatic carbocycles. The lowest BCUT2D eigenvalue weighted by atomic mass is 10.1. The lowest BCUT2D eigenvalue weighted by molar-refractivity contribution is -0.121. The van der Waals surface area contributed by atoms with E-state index in [0.29, 0.717) is 23.7 Å². The Morgan fingerprint density at radius 3 is 2.46 bits per heavy atom. The first kappa shape index (κ1) is 20.3. The molecule has 2 rings (SSSR count). The van der Waals surface area contributed by atoms with Gasteiger partial charge >= 0.3 is 0 Å². The number of benzene rings is 2. The molecule has 0 bridgehead atoms. The molecule has 1 N–H and O–H groups in total. The molecule has 0 fully saturated rings. The summed E-state index contributed by atoms with van der Waals surface area (Å²) in [5.41, 5.74) is 2.24. The lowest BCUT2D eigenvalue weighted by Gasteiger charge is -2.29. The van der Waals surface area contributed by atoms with Crippen LogP contribution in [0.15, 0.2) is 48.5 Å². The number of aryl methyl sites for hydroxylation is 1. The molecule has 140 valence electrons. The van der Waals surface area contributed by atoms with Crippen molar-refractivity contribution in [3.05, 3.63) is 64.7 Å². The Balaban J connectivity index is 2.15. The van der Waals surface area contributed by atoms with Gasteiger partial charge in [0.15, 0.2) is 0 Å². The number of carbonyl (C=O) groups is 1. The number of rotatable bonds is 7. The fourth-order valence-corrected chi connectivity index (χ4v) is 4.11. The average molecular weight is 395 g/mol. The van der Waals surface area contributed by atoms with Crippen LogP contribution in [0.25, 0.3) is 0 Å². The predicted octanol–water partition coefficient (Wildman–Crippen LogP) is 3.16. The van der Waals surface area contributed by atoms with Gasteiger partial charge in [0.05, 0.1) is 11.9 Å². The van der Waals surface area contributed by atoms with E-state index in [1.807, 2.05) is 30.3 Å². The normalized spacial score (nSPS) is 12.5. The van der Waals surface area contributed by atoms with Crippen LogP contribution in [0, 0.1) is 6.92 Å². The van der Waals surface area contributed by atoms with Crippen LogP contribution in [0.4, 0.5) is 5.69 Å². The Morgan fingerprint density at radius 2 is 1.85 bits per heavy atom. The zero-order chi connectivity index (χ0) is 19.3. The summed E-state index contributed by atoms with van der Waals surface area (Å²) in [5, 5.41) is 3.22. The van der Waals surface area contributed by atoms with Crippen molar-refractivity contribution in [2.45, 2.75) is 26.3 Å². The summed E-state index contributed by atoms with van der Waals surface area (Å²) in [6, 6.07) is 13.9. The molecular weight excluding hydrogens is 372 g/mol. The molecule has 7 heteroatoms. The minimum absolute atomic E-state index is 0.356. The zero-order valence-electron chi connectivity index (χ0n) is 15.1. The van der Waals surface area contributed by atoms with E-state index < -0.39 is 16.1 Å². The Morgan fingerprint density at radius 1 is 1.19 bits per heavy atom. The van der Waals surface area contributed by atoms with Crippen LogP contribution in [0.3, 0.4) is 0 Å². The van der Waals surface area contributed by atoms with Crippen molar-refractivity contribution >= 4 is 33.2 Å². The summed E-state index contributed by atoms with van der Waals surface area (Å²) >= 11 is 6.02. The van der Waals surface area contributed by atoms with Gasteiger partial charge in [0.25, 0.3) is 0 Å². The van der Waals surface area contributed by atoms with Crippen molar-refractivity contribution in [2.75, 3.05) is 17.1 Å². The molecule has 0 unspecified atom stereocenters. The van der Waals surface area contributed by atoms with Gasteiger partial charge in [0.2, 0.25) is 15.9 Å². The van der Waals surface area contributed by atoms with Gasteiger partial charge in [-0.3, -0.25) is 9.10 Å². The van der Waals surface area contributed by atoms with Crippen LogP contribution < -0.4 is 9.62 Å². The molecule has 1 amide bonds. The number of sulfonamides is 1. The summed E-state index contributed by atoms with van der Waals surface area (Å²) in [4.78, 5) is 12.5. The summed E-state index contributed by atoms with van der Waals surface area (Å²) in [6.07, 6.45) is 1.76. The number of anilines is 1.